The van der Waals surface area contributed by atoms with E-state index in [9.17, 15) is 4.39 Å². The minimum Gasteiger partial charge on any atom is -0.306 e. The molecule has 0 unspecified atom stereocenters. The number of hydrogen-bond acceptors (Lipinski definition) is 2. The number of rotatable bonds is 4. The van der Waals surface area contributed by atoms with Crippen molar-refractivity contribution in [1.29, 1.82) is 5.26 Å². The lowest BCUT2D eigenvalue weighted by molar-refractivity contribution is 0.541. The molecule has 0 bridgehead atoms. The summed E-state index contributed by atoms with van der Waals surface area (Å²) in [5.74, 6) is -0.431. The van der Waals surface area contributed by atoms with E-state index in [-0.39, 0.29) is 11.6 Å². The SMILES string of the molecule is Cc1ccccc1[C@H](C)NCc1cccc(C#N)c1F. The third kappa shape index (κ3) is 3.04. The molecule has 3 heteroatoms. The van der Waals surface area contributed by atoms with Gasteiger partial charge in [-0.15, -0.1) is 0 Å². The average Bonchev–Trinajstić information content (AvgIpc) is 2.46. The minimum atomic E-state index is -0.431. The van der Waals surface area contributed by atoms with Gasteiger partial charge in [-0.1, -0.05) is 36.4 Å². The Morgan fingerprint density at radius 3 is 2.65 bits per heavy atom. The van der Waals surface area contributed by atoms with Gasteiger partial charge in [-0.25, -0.2) is 4.39 Å². The molecule has 2 aromatic rings. The summed E-state index contributed by atoms with van der Waals surface area (Å²) in [5, 5.41) is 12.1. The molecular formula is C17H17FN2. The fraction of sp³-hybridized carbons (Fsp3) is 0.235. The van der Waals surface area contributed by atoms with Crippen molar-refractivity contribution in [2.75, 3.05) is 0 Å². The zero-order chi connectivity index (χ0) is 14.5. The molecule has 0 aromatic heterocycles. The smallest absolute Gasteiger partial charge is 0.145 e. The first-order valence-corrected chi connectivity index (χ1v) is 6.60. The molecule has 0 spiro atoms. The molecule has 0 radical (unpaired) electrons. The molecule has 102 valence electrons. The van der Waals surface area contributed by atoms with E-state index in [0.717, 1.165) is 0 Å². The Morgan fingerprint density at radius 1 is 1.20 bits per heavy atom. The van der Waals surface area contributed by atoms with Crippen LogP contribution in [0.15, 0.2) is 42.5 Å². The van der Waals surface area contributed by atoms with E-state index < -0.39 is 5.82 Å². The molecule has 0 saturated heterocycles. The number of nitriles is 1. The molecule has 0 heterocycles. The van der Waals surface area contributed by atoms with Crippen LogP contribution in [0.1, 0.15) is 35.2 Å². The monoisotopic (exact) mass is 268 g/mol. The number of aryl methyl sites for hydroxylation is 1. The Hall–Kier alpha value is -2.18. The topological polar surface area (TPSA) is 35.8 Å². The van der Waals surface area contributed by atoms with Gasteiger partial charge in [0, 0.05) is 18.2 Å². The third-order valence-corrected chi connectivity index (χ3v) is 3.45. The van der Waals surface area contributed by atoms with Crippen molar-refractivity contribution in [2.45, 2.75) is 26.4 Å². The van der Waals surface area contributed by atoms with Crippen molar-refractivity contribution < 1.29 is 4.39 Å². The molecule has 20 heavy (non-hydrogen) atoms. The summed E-state index contributed by atoms with van der Waals surface area (Å²) in [6.45, 7) is 4.51. The molecule has 0 saturated carbocycles. The fourth-order valence-electron chi connectivity index (χ4n) is 2.25. The first-order chi connectivity index (χ1) is 9.63. The molecular weight excluding hydrogens is 251 g/mol. The highest BCUT2D eigenvalue weighted by Gasteiger charge is 2.10. The van der Waals surface area contributed by atoms with Gasteiger partial charge in [-0.3, -0.25) is 0 Å². The van der Waals surface area contributed by atoms with Crippen LogP contribution < -0.4 is 5.32 Å². The Morgan fingerprint density at radius 2 is 1.95 bits per heavy atom. The zero-order valence-corrected chi connectivity index (χ0v) is 11.7. The van der Waals surface area contributed by atoms with Crippen LogP contribution in [0.25, 0.3) is 0 Å². The molecule has 2 aromatic carbocycles. The number of hydrogen-bond donors (Lipinski definition) is 1. The van der Waals surface area contributed by atoms with Crippen molar-refractivity contribution >= 4 is 0 Å². The fourth-order valence-corrected chi connectivity index (χ4v) is 2.25. The van der Waals surface area contributed by atoms with Gasteiger partial charge in [-0.05, 0) is 31.0 Å². The summed E-state index contributed by atoms with van der Waals surface area (Å²) >= 11 is 0. The van der Waals surface area contributed by atoms with Crippen LogP contribution in [-0.2, 0) is 6.54 Å². The largest absolute Gasteiger partial charge is 0.306 e. The van der Waals surface area contributed by atoms with Crippen molar-refractivity contribution in [3.05, 3.63) is 70.5 Å². The summed E-state index contributed by atoms with van der Waals surface area (Å²) in [4.78, 5) is 0. The number of nitrogens with zero attached hydrogens (tertiary/aromatic N) is 1. The van der Waals surface area contributed by atoms with E-state index in [0.29, 0.717) is 12.1 Å². The summed E-state index contributed by atoms with van der Waals surface area (Å²) < 4.78 is 13.9. The molecule has 0 aliphatic carbocycles. The predicted molar refractivity (Wildman–Crippen MR) is 77.5 cm³/mol. The summed E-state index contributed by atoms with van der Waals surface area (Å²) in [7, 11) is 0. The quantitative estimate of drug-likeness (QED) is 0.914. The van der Waals surface area contributed by atoms with Gasteiger partial charge in [0.2, 0.25) is 0 Å². The zero-order valence-electron chi connectivity index (χ0n) is 11.7. The van der Waals surface area contributed by atoms with Crippen molar-refractivity contribution in [1.82, 2.24) is 5.32 Å². The van der Waals surface area contributed by atoms with E-state index >= 15 is 0 Å². The first-order valence-electron chi connectivity index (χ1n) is 6.60. The maximum absolute atomic E-state index is 13.9. The van der Waals surface area contributed by atoms with Crippen molar-refractivity contribution in [3.63, 3.8) is 0 Å². The number of nitrogens with one attached hydrogen (secondary N) is 1. The van der Waals surface area contributed by atoms with Crippen LogP contribution in [0.5, 0.6) is 0 Å². The highest BCUT2D eigenvalue weighted by atomic mass is 19.1. The maximum Gasteiger partial charge on any atom is 0.145 e. The van der Waals surface area contributed by atoms with Gasteiger partial charge in [0.1, 0.15) is 11.9 Å². The Bertz CT molecular complexity index is 644. The van der Waals surface area contributed by atoms with Crippen LogP contribution in [0.2, 0.25) is 0 Å². The summed E-state index contributed by atoms with van der Waals surface area (Å²) in [6, 6.07) is 15.0. The van der Waals surface area contributed by atoms with Gasteiger partial charge in [-0.2, -0.15) is 5.26 Å². The first kappa shape index (κ1) is 14.2. The standard InChI is InChI=1S/C17H17FN2/c1-12-6-3-4-9-16(12)13(2)20-11-15-8-5-7-14(10-19)17(15)18/h3-9,13,20H,11H2,1-2H3/t13-/m0/s1. The predicted octanol–water partition coefficient (Wildman–Crippen LogP) is 3.86. The van der Waals surface area contributed by atoms with Crippen molar-refractivity contribution in [3.8, 4) is 6.07 Å². The van der Waals surface area contributed by atoms with Gasteiger partial charge in [0.15, 0.2) is 0 Å². The highest BCUT2D eigenvalue weighted by Crippen LogP contribution is 2.18. The van der Waals surface area contributed by atoms with Crippen LogP contribution in [0.3, 0.4) is 0 Å². The van der Waals surface area contributed by atoms with E-state index in [1.54, 1.807) is 12.1 Å². The van der Waals surface area contributed by atoms with Crippen LogP contribution in [-0.4, -0.2) is 0 Å². The van der Waals surface area contributed by atoms with Crippen molar-refractivity contribution in [2.24, 2.45) is 0 Å². The van der Waals surface area contributed by atoms with E-state index in [1.165, 1.54) is 17.2 Å². The van der Waals surface area contributed by atoms with E-state index in [2.05, 4.69) is 24.4 Å². The second-order valence-electron chi connectivity index (χ2n) is 4.85. The van der Waals surface area contributed by atoms with E-state index in [1.807, 2.05) is 25.1 Å². The average molecular weight is 268 g/mol. The molecule has 1 atom stereocenters. The molecule has 1 N–H and O–H groups in total. The van der Waals surface area contributed by atoms with Crippen LogP contribution in [0.4, 0.5) is 4.39 Å². The lowest BCUT2D eigenvalue weighted by atomic mass is 10.0. The Balaban J connectivity index is 2.10. The van der Waals surface area contributed by atoms with Gasteiger partial charge in [0.05, 0.1) is 5.56 Å². The van der Waals surface area contributed by atoms with Gasteiger partial charge >= 0.3 is 0 Å². The summed E-state index contributed by atoms with van der Waals surface area (Å²) in [5.41, 5.74) is 3.01. The normalized spacial score (nSPS) is 11.9. The third-order valence-electron chi connectivity index (χ3n) is 3.45. The lowest BCUT2D eigenvalue weighted by Crippen LogP contribution is -2.19. The highest BCUT2D eigenvalue weighted by molar-refractivity contribution is 5.35. The van der Waals surface area contributed by atoms with Gasteiger partial charge in [0.25, 0.3) is 0 Å². The van der Waals surface area contributed by atoms with Crippen LogP contribution in [0, 0.1) is 24.1 Å². The maximum atomic E-state index is 13.9. The summed E-state index contributed by atoms with van der Waals surface area (Å²) in [6.07, 6.45) is 0. The number of halogens is 1. The lowest BCUT2D eigenvalue weighted by Gasteiger charge is -2.17. The molecule has 2 rings (SSSR count). The van der Waals surface area contributed by atoms with Gasteiger partial charge < -0.3 is 5.32 Å². The number of benzene rings is 2. The molecule has 0 aliphatic heterocycles. The molecule has 2 nitrogen and oxygen atoms in total. The van der Waals surface area contributed by atoms with E-state index in [4.69, 9.17) is 5.26 Å². The molecule has 0 amide bonds. The van der Waals surface area contributed by atoms with Crippen LogP contribution >= 0.6 is 0 Å². The molecule has 0 fully saturated rings. The minimum absolute atomic E-state index is 0.0906. The second kappa shape index (κ2) is 6.31. The second-order valence-corrected chi connectivity index (χ2v) is 4.85. The Labute approximate surface area is 118 Å². The Kier molecular flexibility index (Phi) is 4.49. The molecule has 0 aliphatic rings.